The quantitative estimate of drug-likeness (QED) is 0.246. The third-order valence-corrected chi connectivity index (χ3v) is 5.93. The maximum absolute atomic E-state index is 12.9. The van der Waals surface area contributed by atoms with Crippen LogP contribution < -0.4 is 15.6 Å². The summed E-state index contributed by atoms with van der Waals surface area (Å²) < 4.78 is 2.02. The van der Waals surface area contributed by atoms with Gasteiger partial charge in [-0.1, -0.05) is 29.8 Å². The molecule has 4 rings (SSSR count). The van der Waals surface area contributed by atoms with E-state index in [1.54, 1.807) is 48.5 Å². The molecular formula is C24H20ClN5O3S. The number of thiocarbonyl (C=S) groups is 1. The van der Waals surface area contributed by atoms with E-state index in [2.05, 4.69) is 15.8 Å². The molecule has 1 saturated heterocycles. The fraction of sp³-hybridized carbons (Fsp3) is 0.125. The summed E-state index contributed by atoms with van der Waals surface area (Å²) >= 11 is 11.5. The van der Waals surface area contributed by atoms with E-state index in [4.69, 9.17) is 23.8 Å². The summed E-state index contributed by atoms with van der Waals surface area (Å²) in [5.41, 5.74) is 5.94. The Bertz CT molecular complexity index is 1320. The number of carbonyl (C=O) groups excluding carboxylic acids is 3. The molecule has 1 atom stereocenters. The minimum Gasteiger partial charge on any atom is -0.318 e. The van der Waals surface area contributed by atoms with E-state index in [1.165, 1.54) is 4.90 Å². The smallest absolute Gasteiger partial charge is 0.272 e. The van der Waals surface area contributed by atoms with E-state index in [9.17, 15) is 14.4 Å². The lowest BCUT2D eigenvalue weighted by Crippen LogP contribution is -2.58. The second-order valence-corrected chi connectivity index (χ2v) is 8.41. The second-order valence-electron chi connectivity index (χ2n) is 7.62. The Morgan fingerprint density at radius 1 is 1.06 bits per heavy atom. The molecule has 1 fully saturated rings. The number of anilines is 1. The van der Waals surface area contributed by atoms with Crippen LogP contribution in [0.3, 0.4) is 0 Å². The molecule has 1 aliphatic heterocycles. The zero-order chi connectivity index (χ0) is 24.4. The van der Waals surface area contributed by atoms with Gasteiger partial charge in [0.05, 0.1) is 16.3 Å². The number of nitrogens with zero attached hydrogens (tertiary/aromatic N) is 3. The minimum atomic E-state index is -1.26. The predicted octanol–water partition coefficient (Wildman–Crippen LogP) is 3.53. The van der Waals surface area contributed by atoms with Gasteiger partial charge < -0.3 is 9.88 Å². The van der Waals surface area contributed by atoms with Gasteiger partial charge in [-0.15, -0.1) is 0 Å². The Kier molecular flexibility index (Phi) is 6.58. The summed E-state index contributed by atoms with van der Waals surface area (Å²) in [6, 6.07) is 17.7. The van der Waals surface area contributed by atoms with Crippen molar-refractivity contribution in [1.29, 1.82) is 0 Å². The number of halogens is 1. The number of amides is 3. The Morgan fingerprint density at radius 3 is 2.38 bits per heavy atom. The van der Waals surface area contributed by atoms with Gasteiger partial charge in [0, 0.05) is 23.3 Å². The molecule has 1 aromatic heterocycles. The third kappa shape index (κ3) is 4.48. The van der Waals surface area contributed by atoms with Crippen LogP contribution >= 0.6 is 23.8 Å². The molecule has 0 unspecified atom stereocenters. The van der Waals surface area contributed by atoms with Crippen molar-refractivity contribution >= 4 is 58.6 Å². The maximum Gasteiger partial charge on any atom is 0.272 e. The van der Waals surface area contributed by atoms with Crippen molar-refractivity contribution in [2.45, 2.75) is 13.8 Å². The Balaban J connectivity index is 1.48. The summed E-state index contributed by atoms with van der Waals surface area (Å²) in [4.78, 5) is 39.1. The maximum atomic E-state index is 12.9. The van der Waals surface area contributed by atoms with Gasteiger partial charge in [0.2, 0.25) is 5.91 Å². The first kappa shape index (κ1) is 23.3. The Labute approximate surface area is 206 Å². The highest BCUT2D eigenvalue weighted by Gasteiger charge is 2.38. The highest BCUT2D eigenvalue weighted by molar-refractivity contribution is 7.80. The van der Waals surface area contributed by atoms with Gasteiger partial charge in [-0.3, -0.25) is 19.3 Å². The summed E-state index contributed by atoms with van der Waals surface area (Å²) in [5.74, 6) is -3.03. The molecule has 10 heteroatoms. The zero-order valence-corrected chi connectivity index (χ0v) is 19.9. The van der Waals surface area contributed by atoms with Gasteiger partial charge in [0.1, 0.15) is 0 Å². The van der Waals surface area contributed by atoms with Crippen molar-refractivity contribution in [2.75, 3.05) is 4.90 Å². The van der Waals surface area contributed by atoms with Crippen molar-refractivity contribution in [3.05, 3.63) is 82.6 Å². The summed E-state index contributed by atoms with van der Waals surface area (Å²) in [7, 11) is 0. The second kappa shape index (κ2) is 9.58. The molecule has 172 valence electrons. The van der Waals surface area contributed by atoms with Gasteiger partial charge in [-0.2, -0.15) is 5.10 Å². The van der Waals surface area contributed by atoms with Crippen LogP contribution in [0.25, 0.3) is 5.69 Å². The molecule has 0 bridgehead atoms. The molecular weight excluding hydrogens is 474 g/mol. The molecule has 3 amide bonds. The number of aromatic nitrogens is 1. The van der Waals surface area contributed by atoms with Crippen molar-refractivity contribution in [1.82, 2.24) is 15.3 Å². The topological polar surface area (TPSA) is 95.8 Å². The number of carbonyl (C=O) groups is 3. The normalized spacial score (nSPS) is 16.1. The lowest BCUT2D eigenvalue weighted by atomic mass is 10.1. The van der Waals surface area contributed by atoms with Crippen molar-refractivity contribution in [2.24, 2.45) is 11.0 Å². The molecule has 2 heterocycles. The highest BCUT2D eigenvalue weighted by atomic mass is 35.5. The lowest BCUT2D eigenvalue weighted by Gasteiger charge is -2.30. The summed E-state index contributed by atoms with van der Waals surface area (Å²) in [6.45, 7) is 3.95. The first-order chi connectivity index (χ1) is 16.3. The SMILES string of the molecule is Cc1ccc(C)n1-c1ccc(C(=O)N/N=C\[C@H]2C(=O)NC(=S)N(c3ccccc3)C2=O)c(Cl)c1. The third-order valence-electron chi connectivity index (χ3n) is 5.33. The molecule has 1 aliphatic rings. The predicted molar refractivity (Wildman–Crippen MR) is 134 cm³/mol. The van der Waals surface area contributed by atoms with E-state index >= 15 is 0 Å². The van der Waals surface area contributed by atoms with Gasteiger partial charge in [0.25, 0.3) is 11.8 Å². The van der Waals surface area contributed by atoms with Crippen molar-refractivity contribution < 1.29 is 14.4 Å². The number of rotatable bonds is 5. The lowest BCUT2D eigenvalue weighted by molar-refractivity contribution is -0.130. The van der Waals surface area contributed by atoms with Gasteiger partial charge in [0.15, 0.2) is 11.0 Å². The monoisotopic (exact) mass is 493 g/mol. The minimum absolute atomic E-state index is 0.0186. The number of aryl methyl sites for hydroxylation is 2. The molecule has 0 aliphatic carbocycles. The van der Waals surface area contributed by atoms with E-state index in [0.29, 0.717) is 5.69 Å². The van der Waals surface area contributed by atoms with Crippen LogP contribution in [0.1, 0.15) is 21.7 Å². The molecule has 2 N–H and O–H groups in total. The molecule has 2 aromatic carbocycles. The molecule has 3 aromatic rings. The van der Waals surface area contributed by atoms with Crippen LogP contribution in [0.2, 0.25) is 5.02 Å². The van der Waals surface area contributed by atoms with Gasteiger partial charge in [-0.25, -0.2) is 5.43 Å². The van der Waals surface area contributed by atoms with Crippen molar-refractivity contribution in [3.8, 4) is 5.69 Å². The molecule has 34 heavy (non-hydrogen) atoms. The molecule has 0 spiro atoms. The zero-order valence-electron chi connectivity index (χ0n) is 18.3. The van der Waals surface area contributed by atoms with Crippen LogP contribution in [-0.4, -0.2) is 33.6 Å². The Morgan fingerprint density at radius 2 is 1.74 bits per heavy atom. The fourth-order valence-electron chi connectivity index (χ4n) is 3.68. The van der Waals surface area contributed by atoms with E-state index in [1.807, 2.05) is 30.5 Å². The molecule has 0 radical (unpaired) electrons. The average molecular weight is 494 g/mol. The summed E-state index contributed by atoms with van der Waals surface area (Å²) in [5, 5.41) is 6.54. The van der Waals surface area contributed by atoms with Crippen LogP contribution in [0.5, 0.6) is 0 Å². The molecule has 8 nitrogen and oxygen atoms in total. The van der Waals surface area contributed by atoms with Crippen LogP contribution in [-0.2, 0) is 9.59 Å². The first-order valence-electron chi connectivity index (χ1n) is 10.3. The van der Waals surface area contributed by atoms with E-state index in [-0.39, 0.29) is 15.7 Å². The number of benzene rings is 2. The number of para-hydroxylation sites is 1. The van der Waals surface area contributed by atoms with E-state index < -0.39 is 23.6 Å². The van der Waals surface area contributed by atoms with Gasteiger partial charge >= 0.3 is 0 Å². The average Bonchev–Trinajstić information content (AvgIpc) is 3.14. The van der Waals surface area contributed by atoms with Gasteiger partial charge in [-0.05, 0) is 68.5 Å². The van der Waals surface area contributed by atoms with Crippen LogP contribution in [0.15, 0.2) is 65.8 Å². The van der Waals surface area contributed by atoms with E-state index in [0.717, 1.165) is 23.3 Å². The standard InChI is InChI=1S/C24H20ClN5O3S/c1-14-8-9-15(2)29(14)17-10-11-18(20(25)12-17)22(32)28-26-13-19-21(31)27-24(34)30(23(19)33)16-6-4-3-5-7-16/h3-13,19H,1-2H3,(H,28,32)(H,27,31,34)/b26-13-/t19-/m0/s1. The fourth-order valence-corrected chi connectivity index (χ4v) is 4.23. The number of hydrogen-bond donors (Lipinski definition) is 2. The van der Waals surface area contributed by atoms with Crippen LogP contribution in [0.4, 0.5) is 5.69 Å². The Hall–Kier alpha value is -3.82. The van der Waals surface area contributed by atoms with Crippen molar-refractivity contribution in [3.63, 3.8) is 0 Å². The number of hydrazone groups is 1. The van der Waals surface area contributed by atoms with Crippen LogP contribution in [0, 0.1) is 19.8 Å². The first-order valence-corrected chi connectivity index (χ1v) is 11.1. The highest BCUT2D eigenvalue weighted by Crippen LogP contribution is 2.24. The molecule has 0 saturated carbocycles. The summed E-state index contributed by atoms with van der Waals surface area (Å²) in [6.07, 6.45) is 1.07. The number of nitrogens with one attached hydrogen (secondary N) is 2. The number of hydrogen-bond acceptors (Lipinski definition) is 5. The largest absolute Gasteiger partial charge is 0.318 e.